The minimum Gasteiger partial charge on any atom is -0.497 e. The van der Waals surface area contributed by atoms with Crippen LogP contribution in [-0.2, 0) is 6.42 Å². The van der Waals surface area contributed by atoms with E-state index in [0.717, 1.165) is 30.5 Å². The van der Waals surface area contributed by atoms with Crippen molar-refractivity contribution in [3.8, 4) is 5.75 Å². The van der Waals surface area contributed by atoms with Gasteiger partial charge in [0, 0.05) is 29.4 Å². The van der Waals surface area contributed by atoms with Crippen LogP contribution < -0.4 is 4.74 Å². The minimum absolute atomic E-state index is 0.155. The van der Waals surface area contributed by atoms with Crippen molar-refractivity contribution in [3.63, 3.8) is 0 Å². The van der Waals surface area contributed by atoms with Gasteiger partial charge in [-0.1, -0.05) is 6.07 Å². The summed E-state index contributed by atoms with van der Waals surface area (Å²) in [4.78, 5) is 4.40. The zero-order valence-electron chi connectivity index (χ0n) is 11.9. The summed E-state index contributed by atoms with van der Waals surface area (Å²) in [6.07, 6.45) is 3.62. The number of aryl methyl sites for hydroxylation is 1. The van der Waals surface area contributed by atoms with Gasteiger partial charge in [0.2, 0.25) is 0 Å². The van der Waals surface area contributed by atoms with Gasteiger partial charge in [0.25, 0.3) is 0 Å². The van der Waals surface area contributed by atoms with E-state index in [-0.39, 0.29) is 5.92 Å². The largest absolute Gasteiger partial charge is 0.497 e. The van der Waals surface area contributed by atoms with Crippen LogP contribution in [0, 0.1) is 5.82 Å². The number of hydrogen-bond acceptors (Lipinski definition) is 3. The van der Waals surface area contributed by atoms with Crippen molar-refractivity contribution in [2.75, 3.05) is 7.11 Å². The molecule has 2 aromatic rings. The molecule has 1 aliphatic rings. The van der Waals surface area contributed by atoms with E-state index in [0.29, 0.717) is 11.3 Å². The van der Waals surface area contributed by atoms with Gasteiger partial charge in [0.15, 0.2) is 0 Å². The highest BCUT2D eigenvalue weighted by molar-refractivity contribution is 5.34. The second-order valence-corrected chi connectivity index (χ2v) is 5.38. The fourth-order valence-electron chi connectivity index (χ4n) is 3.04. The van der Waals surface area contributed by atoms with Crippen LogP contribution in [0.25, 0.3) is 0 Å². The fraction of sp³-hybridized carbons (Fsp3) is 0.353. The highest BCUT2D eigenvalue weighted by Gasteiger charge is 2.30. The Hall–Kier alpha value is -1.94. The lowest BCUT2D eigenvalue weighted by molar-refractivity contribution is 0.130. The maximum atomic E-state index is 14.2. The van der Waals surface area contributed by atoms with E-state index in [1.807, 2.05) is 12.1 Å². The van der Waals surface area contributed by atoms with Gasteiger partial charge in [0.1, 0.15) is 11.6 Å². The lowest BCUT2D eigenvalue weighted by atomic mass is 9.81. The van der Waals surface area contributed by atoms with Crippen LogP contribution in [0.1, 0.15) is 41.7 Å². The second-order valence-electron chi connectivity index (χ2n) is 5.38. The van der Waals surface area contributed by atoms with Crippen LogP contribution in [0.5, 0.6) is 5.75 Å². The summed E-state index contributed by atoms with van der Waals surface area (Å²) in [7, 11) is 1.49. The Labute approximate surface area is 123 Å². The Morgan fingerprint density at radius 2 is 2.24 bits per heavy atom. The molecule has 110 valence electrons. The number of benzene rings is 1. The van der Waals surface area contributed by atoms with Crippen molar-refractivity contribution >= 4 is 0 Å². The molecule has 0 saturated heterocycles. The van der Waals surface area contributed by atoms with E-state index in [1.54, 1.807) is 18.3 Å². The van der Waals surface area contributed by atoms with Crippen LogP contribution in [0.4, 0.5) is 4.39 Å². The molecular weight excluding hydrogens is 269 g/mol. The summed E-state index contributed by atoms with van der Waals surface area (Å²) in [6, 6.07) is 8.51. The van der Waals surface area contributed by atoms with Gasteiger partial charge in [-0.2, -0.15) is 0 Å². The molecule has 3 rings (SSSR count). The third-order valence-electron chi connectivity index (χ3n) is 4.15. The molecule has 1 aliphatic carbocycles. The zero-order valence-corrected chi connectivity index (χ0v) is 11.9. The van der Waals surface area contributed by atoms with Crippen molar-refractivity contribution in [1.82, 2.24) is 4.98 Å². The Morgan fingerprint density at radius 1 is 1.38 bits per heavy atom. The average molecular weight is 287 g/mol. The van der Waals surface area contributed by atoms with E-state index in [9.17, 15) is 9.50 Å². The first-order chi connectivity index (χ1) is 10.2. The van der Waals surface area contributed by atoms with E-state index in [2.05, 4.69) is 4.98 Å². The van der Waals surface area contributed by atoms with E-state index in [4.69, 9.17) is 4.74 Å². The van der Waals surface area contributed by atoms with Crippen LogP contribution in [0.3, 0.4) is 0 Å². The quantitative estimate of drug-likeness (QED) is 0.941. The van der Waals surface area contributed by atoms with E-state index >= 15 is 0 Å². The summed E-state index contributed by atoms with van der Waals surface area (Å²) in [6.45, 7) is 0. The summed E-state index contributed by atoms with van der Waals surface area (Å²) >= 11 is 0. The summed E-state index contributed by atoms with van der Waals surface area (Å²) < 4.78 is 19.2. The molecule has 1 N–H and O–H groups in total. The van der Waals surface area contributed by atoms with Gasteiger partial charge in [-0.05, 0) is 43.0 Å². The molecular formula is C17H18FNO2. The number of aromatic nitrogens is 1. The maximum Gasteiger partial charge on any atom is 0.132 e. The second kappa shape index (κ2) is 5.82. The molecule has 0 spiro atoms. The molecule has 2 unspecified atom stereocenters. The van der Waals surface area contributed by atoms with Crippen molar-refractivity contribution in [2.45, 2.75) is 31.3 Å². The predicted octanol–water partition coefficient (Wildman–Crippen LogP) is 3.38. The molecule has 1 aromatic carbocycles. The lowest BCUT2D eigenvalue weighted by Gasteiger charge is -2.28. The number of methoxy groups -OCH3 is 1. The molecule has 21 heavy (non-hydrogen) atoms. The molecule has 0 amide bonds. The Morgan fingerprint density at radius 3 is 3.00 bits per heavy atom. The number of hydrogen-bond donors (Lipinski definition) is 1. The standard InChI is InChI=1S/C17H18FNO2/c1-21-12-7-8-13(15(18)10-12)17(20)14-6-2-4-11-5-3-9-19-16(11)14/h3,5,7-10,14,17,20H,2,4,6H2,1H3. The number of aliphatic hydroxyl groups excluding tert-OH is 1. The van der Waals surface area contributed by atoms with Crippen LogP contribution in [0.15, 0.2) is 36.5 Å². The zero-order chi connectivity index (χ0) is 14.8. The summed E-state index contributed by atoms with van der Waals surface area (Å²) in [5.41, 5.74) is 2.35. The minimum atomic E-state index is -0.884. The molecule has 4 heteroatoms. The number of fused-ring (bicyclic) bond motifs is 1. The van der Waals surface area contributed by atoms with E-state index in [1.165, 1.54) is 13.2 Å². The summed E-state index contributed by atoms with van der Waals surface area (Å²) in [5.74, 6) is -0.145. The van der Waals surface area contributed by atoms with Gasteiger partial charge >= 0.3 is 0 Å². The number of pyridine rings is 1. The average Bonchev–Trinajstić information content (AvgIpc) is 2.53. The molecule has 0 aliphatic heterocycles. The van der Waals surface area contributed by atoms with Crippen LogP contribution in [0.2, 0.25) is 0 Å². The molecule has 2 atom stereocenters. The van der Waals surface area contributed by atoms with Crippen molar-refractivity contribution in [3.05, 3.63) is 59.2 Å². The SMILES string of the molecule is COc1ccc(C(O)C2CCCc3cccnc32)c(F)c1. The predicted molar refractivity (Wildman–Crippen MR) is 77.8 cm³/mol. The highest BCUT2D eigenvalue weighted by Crippen LogP contribution is 2.40. The molecule has 0 radical (unpaired) electrons. The monoisotopic (exact) mass is 287 g/mol. The van der Waals surface area contributed by atoms with Crippen molar-refractivity contribution in [2.24, 2.45) is 0 Å². The fourth-order valence-corrected chi connectivity index (χ4v) is 3.04. The Bertz CT molecular complexity index is 644. The van der Waals surface area contributed by atoms with Crippen molar-refractivity contribution < 1.29 is 14.2 Å². The molecule has 0 fully saturated rings. The third kappa shape index (κ3) is 2.63. The first-order valence-electron chi connectivity index (χ1n) is 7.16. The van der Waals surface area contributed by atoms with E-state index < -0.39 is 11.9 Å². The lowest BCUT2D eigenvalue weighted by Crippen LogP contribution is -2.19. The summed E-state index contributed by atoms with van der Waals surface area (Å²) in [5, 5.41) is 10.6. The van der Waals surface area contributed by atoms with Gasteiger partial charge in [-0.3, -0.25) is 4.98 Å². The number of aliphatic hydroxyl groups is 1. The molecule has 3 nitrogen and oxygen atoms in total. The van der Waals surface area contributed by atoms with Gasteiger partial charge in [-0.15, -0.1) is 0 Å². The number of rotatable bonds is 3. The first kappa shape index (κ1) is 14.0. The normalized spacial score (nSPS) is 18.9. The van der Waals surface area contributed by atoms with Crippen LogP contribution >= 0.6 is 0 Å². The smallest absolute Gasteiger partial charge is 0.132 e. The van der Waals surface area contributed by atoms with Gasteiger partial charge < -0.3 is 9.84 Å². The Balaban J connectivity index is 1.94. The Kier molecular flexibility index (Phi) is 3.88. The molecule has 0 saturated carbocycles. The van der Waals surface area contributed by atoms with Crippen LogP contribution in [-0.4, -0.2) is 17.2 Å². The number of halogens is 1. The first-order valence-corrected chi connectivity index (χ1v) is 7.16. The third-order valence-corrected chi connectivity index (χ3v) is 4.15. The maximum absolute atomic E-state index is 14.2. The number of ether oxygens (including phenoxy) is 1. The molecule has 1 aromatic heterocycles. The number of nitrogens with zero attached hydrogens (tertiary/aromatic N) is 1. The van der Waals surface area contributed by atoms with Crippen molar-refractivity contribution in [1.29, 1.82) is 0 Å². The topological polar surface area (TPSA) is 42.4 Å². The molecule has 1 heterocycles. The van der Waals surface area contributed by atoms with Gasteiger partial charge in [-0.25, -0.2) is 4.39 Å². The highest BCUT2D eigenvalue weighted by atomic mass is 19.1. The molecule has 0 bridgehead atoms. The van der Waals surface area contributed by atoms with Gasteiger partial charge in [0.05, 0.1) is 13.2 Å².